The molecule has 0 saturated carbocycles. The topological polar surface area (TPSA) is 44.8 Å². The van der Waals surface area contributed by atoms with Gasteiger partial charge in [-0.25, -0.2) is 4.79 Å². The average Bonchev–Trinajstić information content (AvgIpc) is 2.37. The minimum Gasteiger partial charge on any atom is -0.467 e. The van der Waals surface area contributed by atoms with Crippen LogP contribution in [-0.2, 0) is 22.0 Å². The maximum absolute atomic E-state index is 11.7. The summed E-state index contributed by atoms with van der Waals surface area (Å²) in [6.45, 7) is 2.76. The van der Waals surface area contributed by atoms with Gasteiger partial charge in [-0.1, -0.05) is 0 Å². The highest BCUT2D eigenvalue weighted by atomic mass is 35.5. The third kappa shape index (κ3) is 2.53. The Morgan fingerprint density at radius 1 is 1.53 bits per heavy atom. The molecule has 1 aliphatic heterocycles. The van der Waals surface area contributed by atoms with E-state index in [2.05, 4.69) is 0 Å². The van der Waals surface area contributed by atoms with E-state index in [0.29, 0.717) is 18.8 Å². The van der Waals surface area contributed by atoms with E-state index in [9.17, 15) is 4.79 Å². The monoisotopic (exact) mass is 256 g/mol. The van der Waals surface area contributed by atoms with Crippen molar-refractivity contribution in [1.29, 1.82) is 0 Å². The summed E-state index contributed by atoms with van der Waals surface area (Å²) in [4.78, 5) is 11.7. The Hall–Kier alpha value is -1.26. The molecule has 2 rings (SSSR count). The van der Waals surface area contributed by atoms with Gasteiger partial charge >= 0.3 is 5.97 Å². The van der Waals surface area contributed by atoms with E-state index in [-0.39, 0.29) is 18.6 Å². The summed E-state index contributed by atoms with van der Waals surface area (Å²) in [6, 6.07) is 3.43. The minimum absolute atomic E-state index is 0.218. The number of hydrogen-bond acceptors (Lipinski definition) is 4. The van der Waals surface area contributed by atoms with Crippen molar-refractivity contribution >= 4 is 17.6 Å². The van der Waals surface area contributed by atoms with Crippen molar-refractivity contribution in [3.8, 4) is 5.75 Å². The first-order chi connectivity index (χ1) is 8.26. The fraction of sp³-hybridized carbons (Fsp3) is 0.417. The van der Waals surface area contributed by atoms with E-state index in [0.717, 1.165) is 16.9 Å². The van der Waals surface area contributed by atoms with Gasteiger partial charge in [0.05, 0.1) is 24.7 Å². The summed E-state index contributed by atoms with van der Waals surface area (Å²) in [5.41, 5.74) is 2.10. The Morgan fingerprint density at radius 2 is 2.35 bits per heavy atom. The standard InChI is InChI=1S/C12H13ClO4/c1-2-16-12(14)8-3-9(5-13)11-10(4-8)6-15-7-17-11/h3-4H,2,5-7H2,1H3. The highest BCUT2D eigenvalue weighted by Crippen LogP contribution is 2.31. The van der Waals surface area contributed by atoms with Gasteiger partial charge in [-0.15, -0.1) is 11.6 Å². The van der Waals surface area contributed by atoms with Crippen LogP contribution in [0.5, 0.6) is 5.75 Å². The summed E-state index contributed by atoms with van der Waals surface area (Å²) in [5.74, 6) is 0.654. The van der Waals surface area contributed by atoms with Crippen LogP contribution in [-0.4, -0.2) is 19.4 Å². The zero-order valence-electron chi connectivity index (χ0n) is 9.49. The van der Waals surface area contributed by atoms with E-state index < -0.39 is 0 Å². The maximum Gasteiger partial charge on any atom is 0.338 e. The Labute approximate surface area is 104 Å². The highest BCUT2D eigenvalue weighted by Gasteiger charge is 2.19. The first kappa shape index (κ1) is 12.2. The number of halogens is 1. The van der Waals surface area contributed by atoms with Crippen LogP contribution in [0.1, 0.15) is 28.4 Å². The summed E-state index contributed by atoms with van der Waals surface area (Å²) in [6.07, 6.45) is 0. The number of ether oxygens (including phenoxy) is 3. The molecule has 0 aromatic heterocycles. The molecule has 0 atom stereocenters. The largest absolute Gasteiger partial charge is 0.467 e. The molecule has 17 heavy (non-hydrogen) atoms. The van der Waals surface area contributed by atoms with E-state index in [1.807, 2.05) is 0 Å². The smallest absolute Gasteiger partial charge is 0.338 e. The first-order valence-electron chi connectivity index (χ1n) is 5.35. The number of hydrogen-bond donors (Lipinski definition) is 0. The summed E-state index contributed by atoms with van der Waals surface area (Å²) in [5, 5.41) is 0. The van der Waals surface area contributed by atoms with E-state index in [1.165, 1.54) is 0 Å². The molecule has 4 nitrogen and oxygen atoms in total. The van der Waals surface area contributed by atoms with Gasteiger partial charge in [-0.2, -0.15) is 0 Å². The second kappa shape index (κ2) is 5.38. The molecule has 92 valence electrons. The zero-order valence-corrected chi connectivity index (χ0v) is 10.3. The molecule has 0 N–H and O–H groups in total. The lowest BCUT2D eigenvalue weighted by atomic mass is 10.0. The van der Waals surface area contributed by atoms with Crippen LogP contribution in [0.4, 0.5) is 0 Å². The van der Waals surface area contributed by atoms with Gasteiger partial charge in [0, 0.05) is 11.1 Å². The summed E-state index contributed by atoms with van der Waals surface area (Å²) < 4.78 is 15.5. The molecule has 5 heteroatoms. The molecular weight excluding hydrogens is 244 g/mol. The molecule has 0 unspecified atom stereocenters. The lowest BCUT2D eigenvalue weighted by Gasteiger charge is -2.20. The zero-order chi connectivity index (χ0) is 12.3. The molecular formula is C12H13ClO4. The van der Waals surface area contributed by atoms with Crippen LogP contribution in [0, 0.1) is 0 Å². The number of benzene rings is 1. The summed E-state index contributed by atoms with van der Waals surface area (Å²) in [7, 11) is 0. The molecule has 0 amide bonds. The quantitative estimate of drug-likeness (QED) is 0.616. The number of fused-ring (bicyclic) bond motifs is 1. The maximum atomic E-state index is 11.7. The summed E-state index contributed by atoms with van der Waals surface area (Å²) >= 11 is 5.84. The molecule has 1 aromatic carbocycles. The average molecular weight is 257 g/mol. The second-order valence-corrected chi connectivity index (χ2v) is 3.86. The number of rotatable bonds is 3. The van der Waals surface area contributed by atoms with Gasteiger partial charge in [0.2, 0.25) is 0 Å². The Bertz CT molecular complexity index is 414. The molecule has 0 radical (unpaired) electrons. The lowest BCUT2D eigenvalue weighted by Crippen LogP contribution is -2.15. The fourth-order valence-electron chi connectivity index (χ4n) is 1.73. The molecule has 1 aromatic rings. The van der Waals surface area contributed by atoms with Crippen molar-refractivity contribution in [3.63, 3.8) is 0 Å². The Kier molecular flexibility index (Phi) is 3.86. The van der Waals surface area contributed by atoms with Gasteiger partial charge in [0.15, 0.2) is 6.79 Å². The second-order valence-electron chi connectivity index (χ2n) is 3.59. The SMILES string of the molecule is CCOC(=O)c1cc(CCl)c2c(c1)COCO2. The van der Waals surface area contributed by atoms with Crippen molar-refractivity contribution in [3.05, 3.63) is 28.8 Å². The Balaban J connectivity index is 2.39. The van der Waals surface area contributed by atoms with Crippen molar-refractivity contribution in [2.45, 2.75) is 19.4 Å². The molecule has 0 saturated heterocycles. The van der Waals surface area contributed by atoms with Gasteiger partial charge in [0.1, 0.15) is 5.75 Å². The van der Waals surface area contributed by atoms with Crippen LogP contribution < -0.4 is 4.74 Å². The van der Waals surface area contributed by atoms with Crippen molar-refractivity contribution in [2.75, 3.05) is 13.4 Å². The molecule has 0 spiro atoms. The number of carbonyl (C=O) groups is 1. The van der Waals surface area contributed by atoms with Crippen molar-refractivity contribution in [2.24, 2.45) is 0 Å². The van der Waals surface area contributed by atoms with Gasteiger partial charge in [0.25, 0.3) is 0 Å². The van der Waals surface area contributed by atoms with Gasteiger partial charge < -0.3 is 14.2 Å². The van der Waals surface area contributed by atoms with E-state index in [4.69, 9.17) is 25.8 Å². The molecule has 1 heterocycles. The molecule has 1 aliphatic rings. The molecule has 0 fully saturated rings. The number of esters is 1. The third-order valence-corrected chi connectivity index (χ3v) is 2.73. The normalized spacial score (nSPS) is 13.8. The number of carbonyl (C=O) groups excluding carboxylic acids is 1. The molecule has 0 aliphatic carbocycles. The van der Waals surface area contributed by atoms with Crippen LogP contribution in [0.25, 0.3) is 0 Å². The van der Waals surface area contributed by atoms with E-state index >= 15 is 0 Å². The van der Waals surface area contributed by atoms with Crippen molar-refractivity contribution < 1.29 is 19.0 Å². The first-order valence-corrected chi connectivity index (χ1v) is 5.89. The highest BCUT2D eigenvalue weighted by molar-refractivity contribution is 6.17. The van der Waals surface area contributed by atoms with Gasteiger partial charge in [-0.05, 0) is 19.1 Å². The van der Waals surface area contributed by atoms with E-state index in [1.54, 1.807) is 19.1 Å². The number of alkyl halides is 1. The van der Waals surface area contributed by atoms with Gasteiger partial charge in [-0.3, -0.25) is 0 Å². The molecule has 0 bridgehead atoms. The fourth-order valence-corrected chi connectivity index (χ4v) is 1.93. The van der Waals surface area contributed by atoms with Crippen LogP contribution in [0.2, 0.25) is 0 Å². The van der Waals surface area contributed by atoms with Crippen LogP contribution in [0.3, 0.4) is 0 Å². The predicted octanol–water partition coefficient (Wildman–Crippen LogP) is 2.47. The Morgan fingerprint density at radius 3 is 3.06 bits per heavy atom. The predicted molar refractivity (Wildman–Crippen MR) is 62.2 cm³/mol. The lowest BCUT2D eigenvalue weighted by molar-refractivity contribution is -0.0169. The third-order valence-electron chi connectivity index (χ3n) is 2.44. The van der Waals surface area contributed by atoms with Crippen LogP contribution >= 0.6 is 11.6 Å². The minimum atomic E-state index is -0.354. The van der Waals surface area contributed by atoms with Crippen LogP contribution in [0.15, 0.2) is 12.1 Å². The van der Waals surface area contributed by atoms with Crippen molar-refractivity contribution in [1.82, 2.24) is 0 Å².